The van der Waals surface area contributed by atoms with E-state index in [1.165, 1.54) is 0 Å². The summed E-state index contributed by atoms with van der Waals surface area (Å²) in [4.78, 5) is 10.1. The van der Waals surface area contributed by atoms with E-state index in [2.05, 4.69) is 11.3 Å². The molecule has 9 heavy (non-hydrogen) atoms. The van der Waals surface area contributed by atoms with Gasteiger partial charge in [-0.05, 0) is 6.92 Å². The normalized spacial score (nSPS) is 6.56. The summed E-state index contributed by atoms with van der Waals surface area (Å²) in [5.41, 5.74) is 0. The molecular weight excluding hydrogens is 130 g/mol. The predicted molar refractivity (Wildman–Crippen MR) is 29.0 cm³/mol. The predicted octanol–water partition coefficient (Wildman–Crippen LogP) is 1.58. The van der Waals surface area contributed by atoms with Crippen LogP contribution >= 0.6 is 0 Å². The van der Waals surface area contributed by atoms with Crippen LogP contribution < -0.4 is 0 Å². The maximum atomic E-state index is 10.1. The van der Waals surface area contributed by atoms with E-state index in [1.807, 2.05) is 0 Å². The minimum atomic E-state index is -0.359. The van der Waals surface area contributed by atoms with Crippen LogP contribution in [0.15, 0.2) is 12.7 Å². The number of esters is 1. The highest BCUT2D eigenvalue weighted by molar-refractivity contribution is 5.81. The molecule has 0 rings (SSSR count). The van der Waals surface area contributed by atoms with Crippen LogP contribution in [0.25, 0.3) is 0 Å². The van der Waals surface area contributed by atoms with Crippen LogP contribution in [0.2, 0.25) is 0 Å². The lowest BCUT2D eigenvalue weighted by Crippen LogP contribution is -1.97. The molecule has 0 aromatic rings. The highest BCUT2D eigenvalue weighted by Crippen LogP contribution is 1.74. The number of carbonyl (C=O) groups excluding carboxylic acids is 1. The third-order valence-electron chi connectivity index (χ3n) is 0.453. The van der Waals surface area contributed by atoms with Crippen LogP contribution in [0.1, 0.15) is 6.92 Å². The summed E-state index contributed by atoms with van der Waals surface area (Å²) in [5.74, 6) is -0.359. The molecule has 0 heterocycles. The summed E-state index contributed by atoms with van der Waals surface area (Å²) in [5, 5.41) is 0. The molecule has 0 spiro atoms. The zero-order chi connectivity index (χ0) is 7.70. The van der Waals surface area contributed by atoms with Crippen molar-refractivity contribution in [2.24, 2.45) is 0 Å². The van der Waals surface area contributed by atoms with Gasteiger partial charge in [-0.1, -0.05) is 6.58 Å². The largest absolute Gasteiger partial charge is 0.463 e. The summed E-state index contributed by atoms with van der Waals surface area (Å²) in [6.45, 7) is 5.38. The standard InChI is InChI=1S/C5H8O2.F2/c1-3-5(6)7-4-2;1-2/h3H,1,4H2,2H3;. The van der Waals surface area contributed by atoms with E-state index < -0.39 is 0 Å². The number of hydrogen-bond acceptors (Lipinski definition) is 2. The van der Waals surface area contributed by atoms with Gasteiger partial charge in [0.2, 0.25) is 0 Å². The van der Waals surface area contributed by atoms with Crippen LogP contribution in [0.5, 0.6) is 0 Å². The molecular formula is C5H8F2O2. The van der Waals surface area contributed by atoms with Gasteiger partial charge < -0.3 is 4.74 Å². The zero-order valence-corrected chi connectivity index (χ0v) is 5.06. The maximum Gasteiger partial charge on any atom is 0.330 e. The SMILES string of the molecule is C=CC(=O)OCC.FF. The van der Waals surface area contributed by atoms with Crippen molar-refractivity contribution in [1.29, 1.82) is 0 Å². The van der Waals surface area contributed by atoms with Gasteiger partial charge in [-0.15, -0.1) is 0 Å². The molecule has 0 bridgehead atoms. The Labute approximate surface area is 52.0 Å². The molecule has 0 N–H and O–H groups in total. The topological polar surface area (TPSA) is 26.3 Å². The Morgan fingerprint density at radius 2 is 2.22 bits per heavy atom. The van der Waals surface area contributed by atoms with Crippen molar-refractivity contribution in [1.82, 2.24) is 0 Å². The Hall–Kier alpha value is -0.930. The Kier molecular flexibility index (Phi) is 12.3. The third kappa shape index (κ3) is 11.0. The number of hydrogen-bond donors (Lipinski definition) is 0. The molecule has 0 unspecified atom stereocenters. The van der Waals surface area contributed by atoms with Gasteiger partial charge in [-0.2, -0.15) is 0 Å². The summed E-state index contributed by atoms with van der Waals surface area (Å²) < 4.78 is 20.4. The molecule has 54 valence electrons. The van der Waals surface area contributed by atoms with Gasteiger partial charge in [0.05, 0.1) is 6.61 Å². The van der Waals surface area contributed by atoms with E-state index >= 15 is 0 Å². The molecule has 0 aliphatic carbocycles. The third-order valence-corrected chi connectivity index (χ3v) is 0.453. The molecule has 0 amide bonds. The quantitative estimate of drug-likeness (QED) is 0.427. The number of ether oxygens (including phenoxy) is 1. The fourth-order valence-corrected chi connectivity index (χ4v) is 0.201. The van der Waals surface area contributed by atoms with Crippen molar-refractivity contribution in [2.75, 3.05) is 6.61 Å². The summed E-state index contributed by atoms with van der Waals surface area (Å²) >= 11 is 0. The molecule has 0 aliphatic rings. The molecule has 0 radical (unpaired) electrons. The van der Waals surface area contributed by atoms with Crippen LogP contribution in [0, 0.1) is 0 Å². The molecule has 0 saturated heterocycles. The number of halogens is 2. The monoisotopic (exact) mass is 138 g/mol. The molecule has 0 aromatic heterocycles. The highest BCUT2D eigenvalue weighted by Gasteiger charge is 1.86. The first kappa shape index (κ1) is 10.9. The lowest BCUT2D eigenvalue weighted by atomic mass is 10.6. The van der Waals surface area contributed by atoms with Crippen LogP contribution in [-0.4, -0.2) is 12.6 Å². The molecule has 0 aromatic carbocycles. The van der Waals surface area contributed by atoms with Gasteiger partial charge in [-0.25, -0.2) is 4.79 Å². The molecule has 0 saturated carbocycles. The van der Waals surface area contributed by atoms with Crippen molar-refractivity contribution in [2.45, 2.75) is 6.92 Å². The summed E-state index contributed by atoms with van der Waals surface area (Å²) in [7, 11) is 0. The van der Waals surface area contributed by atoms with E-state index in [1.54, 1.807) is 6.92 Å². The van der Waals surface area contributed by atoms with Crippen molar-refractivity contribution >= 4 is 5.97 Å². The Morgan fingerprint density at radius 3 is 2.33 bits per heavy atom. The van der Waals surface area contributed by atoms with Crippen molar-refractivity contribution in [3.05, 3.63) is 12.7 Å². The van der Waals surface area contributed by atoms with Crippen LogP contribution in [0.4, 0.5) is 9.15 Å². The minimum Gasteiger partial charge on any atom is -0.463 e. The average molecular weight is 138 g/mol. The molecule has 0 fully saturated rings. The van der Waals surface area contributed by atoms with Gasteiger partial charge in [-0.3, -0.25) is 0 Å². The maximum absolute atomic E-state index is 10.1. The van der Waals surface area contributed by atoms with Crippen molar-refractivity contribution in [3.63, 3.8) is 0 Å². The first-order valence-electron chi connectivity index (χ1n) is 2.24. The smallest absolute Gasteiger partial charge is 0.330 e. The molecule has 0 aliphatic heterocycles. The van der Waals surface area contributed by atoms with Gasteiger partial charge in [0.15, 0.2) is 0 Å². The fourth-order valence-electron chi connectivity index (χ4n) is 0.201. The van der Waals surface area contributed by atoms with Gasteiger partial charge in [0.25, 0.3) is 0 Å². The zero-order valence-electron chi connectivity index (χ0n) is 5.06. The van der Waals surface area contributed by atoms with E-state index in [9.17, 15) is 4.79 Å². The Morgan fingerprint density at radius 1 is 1.78 bits per heavy atom. The molecule has 4 heteroatoms. The first-order valence-corrected chi connectivity index (χ1v) is 2.24. The van der Waals surface area contributed by atoms with Gasteiger partial charge in [0, 0.05) is 15.2 Å². The lowest BCUT2D eigenvalue weighted by molar-refractivity contribution is -0.137. The van der Waals surface area contributed by atoms with Crippen molar-refractivity contribution in [3.8, 4) is 0 Å². The second kappa shape index (κ2) is 10.1. The fraction of sp³-hybridized carbons (Fsp3) is 0.400. The second-order valence-electron chi connectivity index (χ2n) is 0.956. The number of carbonyl (C=O) groups is 1. The second-order valence-corrected chi connectivity index (χ2v) is 0.956. The molecule has 0 atom stereocenters. The first-order chi connectivity index (χ1) is 4.31. The Balaban J connectivity index is 0. The van der Waals surface area contributed by atoms with E-state index in [0.29, 0.717) is 6.61 Å². The number of rotatable bonds is 2. The molecule has 2 nitrogen and oxygen atoms in total. The average Bonchev–Trinajstić information content (AvgIpc) is 1.93. The minimum absolute atomic E-state index is 0.359. The van der Waals surface area contributed by atoms with Gasteiger partial charge >= 0.3 is 5.97 Å². The van der Waals surface area contributed by atoms with Crippen LogP contribution in [-0.2, 0) is 9.53 Å². The van der Waals surface area contributed by atoms with Crippen molar-refractivity contribution < 1.29 is 18.7 Å². The highest BCUT2D eigenvalue weighted by atomic mass is 20.0. The van der Waals surface area contributed by atoms with Crippen LogP contribution in [0.3, 0.4) is 0 Å². The Bertz CT molecular complexity index is 83.0. The van der Waals surface area contributed by atoms with Gasteiger partial charge in [0.1, 0.15) is 0 Å². The summed E-state index contributed by atoms with van der Waals surface area (Å²) in [6, 6.07) is 0. The van der Waals surface area contributed by atoms with E-state index in [0.717, 1.165) is 6.08 Å². The van der Waals surface area contributed by atoms with E-state index in [-0.39, 0.29) is 5.97 Å². The summed E-state index contributed by atoms with van der Waals surface area (Å²) in [6.07, 6.45) is 1.14. The van der Waals surface area contributed by atoms with E-state index in [4.69, 9.17) is 9.15 Å². The lowest BCUT2D eigenvalue weighted by Gasteiger charge is -1.90.